The Morgan fingerprint density at radius 3 is 2.88 bits per heavy atom. The topological polar surface area (TPSA) is 41.1 Å². The fraction of sp³-hybridized carbons (Fsp3) is 0.417. The summed E-state index contributed by atoms with van der Waals surface area (Å²) in [6, 6.07) is 3.87. The van der Waals surface area contributed by atoms with Gasteiger partial charge in [0.2, 0.25) is 5.88 Å². The number of aromatic amines is 1. The highest BCUT2D eigenvalue weighted by molar-refractivity contribution is 5.79. The van der Waals surface area contributed by atoms with Crippen LogP contribution in [0.2, 0.25) is 0 Å². The summed E-state index contributed by atoms with van der Waals surface area (Å²) in [4.78, 5) is 9.85. The summed E-state index contributed by atoms with van der Waals surface area (Å²) in [5, 5.41) is 0. The number of fused-ring (bicyclic) bond motifs is 1. The number of ether oxygens (including phenoxy) is 1. The lowest BCUT2D eigenvalue weighted by atomic mass is 10.2. The van der Waals surface area contributed by atoms with E-state index in [4.69, 9.17) is 4.74 Å². The van der Waals surface area contributed by atoms with Gasteiger partial charge in [0.05, 0.1) is 18.1 Å². The van der Waals surface area contributed by atoms with Crippen molar-refractivity contribution in [3.05, 3.63) is 23.9 Å². The zero-order chi connectivity index (χ0) is 11.5. The van der Waals surface area contributed by atoms with E-state index in [1.54, 1.807) is 7.11 Å². The number of nitrogens with zero attached hydrogens (tertiary/aromatic N) is 2. The van der Waals surface area contributed by atoms with Crippen LogP contribution in [0.15, 0.2) is 18.3 Å². The predicted molar refractivity (Wildman–Crippen MR) is 64.9 cm³/mol. The maximum atomic E-state index is 5.14. The van der Waals surface area contributed by atoms with Crippen molar-refractivity contribution in [2.75, 3.05) is 27.7 Å². The third-order valence-corrected chi connectivity index (χ3v) is 2.61. The molecule has 0 aliphatic rings. The predicted octanol–water partition coefficient (Wildman–Crippen LogP) is 1.68. The lowest BCUT2D eigenvalue weighted by Crippen LogP contribution is -2.14. The van der Waals surface area contributed by atoms with Crippen molar-refractivity contribution in [2.24, 2.45) is 0 Å². The van der Waals surface area contributed by atoms with Crippen molar-refractivity contribution in [2.45, 2.75) is 6.42 Å². The van der Waals surface area contributed by atoms with E-state index in [2.05, 4.69) is 29.0 Å². The van der Waals surface area contributed by atoms with Crippen LogP contribution in [0.3, 0.4) is 0 Å². The molecule has 16 heavy (non-hydrogen) atoms. The molecule has 0 atom stereocenters. The second kappa shape index (κ2) is 4.53. The van der Waals surface area contributed by atoms with Crippen LogP contribution in [0.5, 0.6) is 5.88 Å². The quantitative estimate of drug-likeness (QED) is 0.850. The maximum absolute atomic E-state index is 5.14. The van der Waals surface area contributed by atoms with Crippen molar-refractivity contribution in [1.29, 1.82) is 0 Å². The molecule has 2 aromatic rings. The molecule has 0 aliphatic heterocycles. The number of nitrogens with one attached hydrogen (secondary N) is 1. The maximum Gasteiger partial charge on any atom is 0.213 e. The van der Waals surface area contributed by atoms with Gasteiger partial charge in [0.1, 0.15) is 0 Å². The number of pyridine rings is 1. The summed E-state index contributed by atoms with van der Waals surface area (Å²) in [5.74, 6) is 0.665. The Labute approximate surface area is 95.2 Å². The number of hydrogen-bond donors (Lipinski definition) is 1. The number of hydrogen-bond acceptors (Lipinski definition) is 3. The summed E-state index contributed by atoms with van der Waals surface area (Å²) in [6.45, 7) is 1.02. The van der Waals surface area contributed by atoms with E-state index in [9.17, 15) is 0 Å². The van der Waals surface area contributed by atoms with E-state index >= 15 is 0 Å². The summed E-state index contributed by atoms with van der Waals surface area (Å²) in [5.41, 5.74) is 3.32. The smallest absolute Gasteiger partial charge is 0.213 e. The van der Waals surface area contributed by atoms with Crippen LogP contribution < -0.4 is 4.74 Å². The minimum absolute atomic E-state index is 0.665. The van der Waals surface area contributed by atoms with Gasteiger partial charge in [-0.2, -0.15) is 0 Å². The molecule has 2 aromatic heterocycles. The van der Waals surface area contributed by atoms with Crippen molar-refractivity contribution in [3.8, 4) is 5.88 Å². The second-order valence-electron chi connectivity index (χ2n) is 4.12. The Balaban J connectivity index is 2.30. The monoisotopic (exact) mass is 219 g/mol. The highest BCUT2D eigenvalue weighted by Gasteiger charge is 2.06. The number of methoxy groups -OCH3 is 1. The number of H-pyrrole nitrogens is 1. The molecule has 1 N–H and O–H groups in total. The van der Waals surface area contributed by atoms with Crippen LogP contribution in [-0.4, -0.2) is 42.6 Å². The molecule has 2 heterocycles. The van der Waals surface area contributed by atoms with Gasteiger partial charge in [0.25, 0.3) is 0 Å². The zero-order valence-corrected chi connectivity index (χ0v) is 9.95. The molecule has 0 spiro atoms. The molecule has 0 unspecified atom stereocenters. The number of rotatable bonds is 4. The van der Waals surface area contributed by atoms with E-state index in [-0.39, 0.29) is 0 Å². The molecule has 0 fully saturated rings. The Hall–Kier alpha value is -1.55. The highest BCUT2D eigenvalue weighted by Crippen LogP contribution is 2.19. The van der Waals surface area contributed by atoms with Crippen molar-refractivity contribution in [3.63, 3.8) is 0 Å². The van der Waals surface area contributed by atoms with Crippen LogP contribution in [0.4, 0.5) is 0 Å². The van der Waals surface area contributed by atoms with Gasteiger partial charge in [-0.05, 0) is 32.1 Å². The lowest BCUT2D eigenvalue weighted by Gasteiger charge is -2.08. The summed E-state index contributed by atoms with van der Waals surface area (Å²) in [7, 11) is 5.78. The number of likely N-dealkylation sites (N-methyl/N-ethyl adjacent to an activating group) is 1. The van der Waals surface area contributed by atoms with Crippen LogP contribution in [0, 0.1) is 0 Å². The summed E-state index contributed by atoms with van der Waals surface area (Å²) in [6.07, 6.45) is 3.02. The Morgan fingerprint density at radius 2 is 2.19 bits per heavy atom. The highest BCUT2D eigenvalue weighted by atomic mass is 16.5. The lowest BCUT2D eigenvalue weighted by molar-refractivity contribution is 0.399. The first-order valence-corrected chi connectivity index (χ1v) is 5.36. The van der Waals surface area contributed by atoms with Gasteiger partial charge in [-0.1, -0.05) is 0 Å². The number of aromatic nitrogens is 2. The minimum atomic E-state index is 0.665. The van der Waals surface area contributed by atoms with Gasteiger partial charge in [-0.3, -0.25) is 0 Å². The van der Waals surface area contributed by atoms with E-state index < -0.39 is 0 Å². The van der Waals surface area contributed by atoms with Crippen LogP contribution in [-0.2, 0) is 6.42 Å². The Morgan fingerprint density at radius 1 is 1.38 bits per heavy atom. The first kappa shape index (κ1) is 11.0. The molecule has 4 nitrogen and oxygen atoms in total. The van der Waals surface area contributed by atoms with Gasteiger partial charge >= 0.3 is 0 Å². The Bertz CT molecular complexity index is 476. The van der Waals surface area contributed by atoms with E-state index in [1.807, 2.05) is 18.3 Å². The fourth-order valence-electron chi connectivity index (χ4n) is 1.68. The molecule has 0 radical (unpaired) electrons. The molecule has 0 bridgehead atoms. The fourth-order valence-corrected chi connectivity index (χ4v) is 1.68. The van der Waals surface area contributed by atoms with Gasteiger partial charge in [0, 0.05) is 18.8 Å². The van der Waals surface area contributed by atoms with E-state index in [1.165, 1.54) is 5.56 Å². The van der Waals surface area contributed by atoms with Crippen molar-refractivity contribution in [1.82, 2.24) is 14.9 Å². The summed E-state index contributed by atoms with van der Waals surface area (Å²) < 4.78 is 5.14. The molecular formula is C12H17N3O. The van der Waals surface area contributed by atoms with Crippen LogP contribution in [0.25, 0.3) is 11.0 Å². The van der Waals surface area contributed by atoms with Gasteiger partial charge < -0.3 is 14.6 Å². The minimum Gasteiger partial charge on any atom is -0.481 e. The molecule has 0 saturated heterocycles. The molecule has 0 aromatic carbocycles. The molecule has 0 aliphatic carbocycles. The molecule has 0 amide bonds. The second-order valence-corrected chi connectivity index (χ2v) is 4.12. The van der Waals surface area contributed by atoms with Gasteiger partial charge in [-0.15, -0.1) is 0 Å². The normalized spacial score (nSPS) is 11.2. The molecule has 0 saturated carbocycles. The standard InChI is InChI=1S/C12H17N3O/c1-15(2)7-6-9-8-13-10-4-5-11(16-3)14-12(9)10/h4-5,8,13H,6-7H2,1-3H3. The van der Waals surface area contributed by atoms with Gasteiger partial charge in [0.15, 0.2) is 0 Å². The van der Waals surface area contributed by atoms with E-state index in [0.717, 1.165) is 24.0 Å². The van der Waals surface area contributed by atoms with Gasteiger partial charge in [-0.25, -0.2) is 4.98 Å². The average molecular weight is 219 g/mol. The van der Waals surface area contributed by atoms with Crippen molar-refractivity contribution < 1.29 is 4.74 Å². The van der Waals surface area contributed by atoms with Crippen LogP contribution >= 0.6 is 0 Å². The Kier molecular flexibility index (Phi) is 3.10. The SMILES string of the molecule is COc1ccc2[nH]cc(CCN(C)C)c2n1. The largest absolute Gasteiger partial charge is 0.481 e. The molecule has 86 valence electrons. The first-order valence-electron chi connectivity index (χ1n) is 5.36. The van der Waals surface area contributed by atoms with E-state index in [0.29, 0.717) is 5.88 Å². The molecular weight excluding hydrogens is 202 g/mol. The molecule has 2 rings (SSSR count). The first-order chi connectivity index (χ1) is 7.70. The molecule has 4 heteroatoms. The third kappa shape index (κ3) is 2.17. The van der Waals surface area contributed by atoms with Crippen molar-refractivity contribution >= 4 is 11.0 Å². The third-order valence-electron chi connectivity index (χ3n) is 2.61. The summed E-state index contributed by atoms with van der Waals surface area (Å²) >= 11 is 0. The average Bonchev–Trinajstić information content (AvgIpc) is 2.68. The zero-order valence-electron chi connectivity index (χ0n) is 9.95. The van der Waals surface area contributed by atoms with Crippen LogP contribution in [0.1, 0.15) is 5.56 Å².